The summed E-state index contributed by atoms with van der Waals surface area (Å²) in [5.41, 5.74) is 0.589. The second-order valence-electron chi connectivity index (χ2n) is 2.22. The molecule has 68 valence electrons. The minimum Gasteiger partial charge on any atom is -0.481 e. The molecule has 0 amide bonds. The van der Waals surface area contributed by atoms with E-state index in [1.807, 2.05) is 6.07 Å². The van der Waals surface area contributed by atoms with E-state index >= 15 is 0 Å². The van der Waals surface area contributed by atoms with Crippen molar-refractivity contribution in [2.75, 3.05) is 14.2 Å². The predicted octanol–water partition coefficient (Wildman–Crippen LogP) is 0.560. The van der Waals surface area contributed by atoms with Gasteiger partial charge in [-0.05, 0) is 0 Å². The fraction of sp³-hybridized carbons (Fsp3) is 0.375. The first-order valence-corrected chi connectivity index (χ1v) is 3.63. The van der Waals surface area contributed by atoms with Crippen molar-refractivity contribution in [3.63, 3.8) is 0 Å². The molecule has 0 saturated heterocycles. The monoisotopic (exact) mass is 179 g/mol. The fourth-order valence-corrected chi connectivity index (χ4v) is 0.817. The van der Waals surface area contributed by atoms with Crippen molar-refractivity contribution in [3.8, 4) is 18.0 Å². The number of rotatable bonds is 3. The number of methoxy groups -OCH3 is 2. The molecule has 0 radical (unpaired) electrons. The summed E-state index contributed by atoms with van der Waals surface area (Å²) in [4.78, 5) is 7.84. The number of hydrogen-bond donors (Lipinski definition) is 0. The second kappa shape index (κ2) is 4.26. The zero-order chi connectivity index (χ0) is 9.68. The maximum absolute atomic E-state index is 8.45. The van der Waals surface area contributed by atoms with Crippen LogP contribution in [0.15, 0.2) is 6.07 Å². The van der Waals surface area contributed by atoms with E-state index < -0.39 is 0 Å². The highest BCUT2D eigenvalue weighted by Crippen LogP contribution is 2.13. The van der Waals surface area contributed by atoms with Crippen LogP contribution in [-0.2, 0) is 6.42 Å². The van der Waals surface area contributed by atoms with Crippen molar-refractivity contribution in [3.05, 3.63) is 11.8 Å². The molecule has 1 aromatic rings. The van der Waals surface area contributed by atoms with Gasteiger partial charge in [-0.25, -0.2) is 0 Å². The fourth-order valence-electron chi connectivity index (χ4n) is 0.817. The van der Waals surface area contributed by atoms with Crippen LogP contribution < -0.4 is 9.47 Å². The van der Waals surface area contributed by atoms with Gasteiger partial charge in [-0.2, -0.15) is 15.2 Å². The Morgan fingerprint density at radius 2 is 2.15 bits per heavy atom. The number of nitriles is 1. The zero-order valence-electron chi connectivity index (χ0n) is 7.44. The van der Waals surface area contributed by atoms with E-state index in [-0.39, 0.29) is 12.4 Å². The highest BCUT2D eigenvalue weighted by molar-refractivity contribution is 5.20. The molecule has 0 aliphatic carbocycles. The molecule has 0 bridgehead atoms. The average molecular weight is 179 g/mol. The second-order valence-corrected chi connectivity index (χ2v) is 2.22. The van der Waals surface area contributed by atoms with Gasteiger partial charge < -0.3 is 9.47 Å². The highest BCUT2D eigenvalue weighted by atomic mass is 16.5. The van der Waals surface area contributed by atoms with Gasteiger partial charge in [0.25, 0.3) is 0 Å². The summed E-state index contributed by atoms with van der Waals surface area (Å²) < 4.78 is 9.74. The van der Waals surface area contributed by atoms with Crippen LogP contribution in [0.2, 0.25) is 0 Å². The molecule has 0 aliphatic rings. The van der Waals surface area contributed by atoms with Crippen molar-refractivity contribution in [1.82, 2.24) is 9.97 Å². The number of aromatic nitrogens is 2. The van der Waals surface area contributed by atoms with Gasteiger partial charge in [0, 0.05) is 6.07 Å². The quantitative estimate of drug-likeness (QED) is 0.678. The van der Waals surface area contributed by atoms with Gasteiger partial charge in [-0.1, -0.05) is 0 Å². The first-order chi connectivity index (χ1) is 6.30. The van der Waals surface area contributed by atoms with Crippen LogP contribution in [0.1, 0.15) is 5.69 Å². The van der Waals surface area contributed by atoms with Gasteiger partial charge >= 0.3 is 6.01 Å². The first-order valence-electron chi connectivity index (χ1n) is 3.63. The van der Waals surface area contributed by atoms with Gasteiger partial charge in [0.15, 0.2) is 0 Å². The van der Waals surface area contributed by atoms with E-state index in [0.29, 0.717) is 11.6 Å². The number of hydrogen-bond acceptors (Lipinski definition) is 5. The third-order valence-corrected chi connectivity index (χ3v) is 1.39. The molecule has 1 aromatic heterocycles. The summed E-state index contributed by atoms with van der Waals surface area (Å²) in [5, 5.41) is 8.45. The molecule has 1 heterocycles. The Kier molecular flexibility index (Phi) is 3.03. The summed E-state index contributed by atoms with van der Waals surface area (Å²) >= 11 is 0. The molecule has 0 N–H and O–H groups in total. The van der Waals surface area contributed by atoms with Gasteiger partial charge in [-0.15, -0.1) is 0 Å². The van der Waals surface area contributed by atoms with Crippen molar-refractivity contribution in [2.24, 2.45) is 0 Å². The molecular formula is C8H9N3O2. The third-order valence-electron chi connectivity index (χ3n) is 1.39. The zero-order valence-corrected chi connectivity index (χ0v) is 7.44. The van der Waals surface area contributed by atoms with Crippen LogP contribution in [0.25, 0.3) is 0 Å². The maximum Gasteiger partial charge on any atom is 0.319 e. The van der Waals surface area contributed by atoms with Crippen LogP contribution in [-0.4, -0.2) is 24.2 Å². The van der Waals surface area contributed by atoms with Gasteiger partial charge in [0.05, 0.1) is 32.4 Å². The lowest BCUT2D eigenvalue weighted by atomic mass is 10.3. The molecule has 1 rings (SSSR count). The van der Waals surface area contributed by atoms with Gasteiger partial charge in [0.2, 0.25) is 5.88 Å². The Hall–Kier alpha value is -1.83. The highest BCUT2D eigenvalue weighted by Gasteiger charge is 2.03. The molecule has 0 atom stereocenters. The van der Waals surface area contributed by atoms with E-state index in [1.54, 1.807) is 6.07 Å². The van der Waals surface area contributed by atoms with Crippen LogP contribution in [0.4, 0.5) is 0 Å². The Labute approximate surface area is 76.0 Å². The Morgan fingerprint density at radius 1 is 1.38 bits per heavy atom. The van der Waals surface area contributed by atoms with E-state index in [9.17, 15) is 0 Å². The van der Waals surface area contributed by atoms with Crippen molar-refractivity contribution < 1.29 is 9.47 Å². The average Bonchev–Trinajstić information content (AvgIpc) is 2.17. The van der Waals surface area contributed by atoms with Crippen LogP contribution >= 0.6 is 0 Å². The molecule has 5 heteroatoms. The van der Waals surface area contributed by atoms with Crippen molar-refractivity contribution in [1.29, 1.82) is 5.26 Å². The molecule has 0 aromatic carbocycles. The van der Waals surface area contributed by atoms with Crippen LogP contribution in [0.5, 0.6) is 11.9 Å². The number of ether oxygens (including phenoxy) is 2. The van der Waals surface area contributed by atoms with Crippen LogP contribution in [0, 0.1) is 11.3 Å². The smallest absolute Gasteiger partial charge is 0.319 e. The largest absolute Gasteiger partial charge is 0.481 e. The lowest BCUT2D eigenvalue weighted by Gasteiger charge is -2.03. The molecule has 0 spiro atoms. The molecule has 13 heavy (non-hydrogen) atoms. The van der Waals surface area contributed by atoms with E-state index in [4.69, 9.17) is 14.7 Å². The Balaban J connectivity index is 3.01. The lowest BCUT2D eigenvalue weighted by molar-refractivity contribution is 0.350. The minimum absolute atomic E-state index is 0.213. The minimum atomic E-state index is 0.213. The van der Waals surface area contributed by atoms with E-state index in [2.05, 4.69) is 9.97 Å². The SMILES string of the molecule is COc1cc(CC#N)nc(OC)n1. The Morgan fingerprint density at radius 3 is 2.69 bits per heavy atom. The van der Waals surface area contributed by atoms with E-state index in [0.717, 1.165) is 0 Å². The first kappa shape index (κ1) is 9.26. The topological polar surface area (TPSA) is 68.0 Å². The molecule has 0 aliphatic heterocycles. The summed E-state index contributed by atoms with van der Waals surface area (Å²) in [6, 6.07) is 3.80. The Bertz CT molecular complexity index is 310. The summed E-state index contributed by atoms with van der Waals surface area (Å²) in [5.74, 6) is 0.400. The predicted molar refractivity (Wildman–Crippen MR) is 44.5 cm³/mol. The summed E-state index contributed by atoms with van der Waals surface area (Å²) in [6.45, 7) is 0. The van der Waals surface area contributed by atoms with E-state index in [1.165, 1.54) is 14.2 Å². The molecule has 0 fully saturated rings. The van der Waals surface area contributed by atoms with Gasteiger partial charge in [0.1, 0.15) is 0 Å². The van der Waals surface area contributed by atoms with Gasteiger partial charge in [-0.3, -0.25) is 0 Å². The van der Waals surface area contributed by atoms with Crippen LogP contribution in [0.3, 0.4) is 0 Å². The number of nitrogens with zero attached hydrogens (tertiary/aromatic N) is 3. The standard InChI is InChI=1S/C8H9N3O2/c1-12-7-5-6(3-4-9)10-8(11-7)13-2/h5H,3H2,1-2H3. The summed E-state index contributed by atoms with van der Waals surface area (Å²) in [6.07, 6.45) is 0.217. The lowest BCUT2D eigenvalue weighted by Crippen LogP contribution is -1.98. The molecule has 0 saturated carbocycles. The molecule has 5 nitrogen and oxygen atoms in total. The molecular weight excluding hydrogens is 170 g/mol. The van der Waals surface area contributed by atoms with Crippen molar-refractivity contribution >= 4 is 0 Å². The third kappa shape index (κ3) is 2.30. The molecule has 0 unspecified atom stereocenters. The maximum atomic E-state index is 8.45. The normalized spacial score (nSPS) is 9.00. The van der Waals surface area contributed by atoms with Crippen molar-refractivity contribution in [2.45, 2.75) is 6.42 Å². The summed E-state index contributed by atoms with van der Waals surface area (Å²) in [7, 11) is 2.96.